The molecule has 0 saturated carbocycles. The number of sulfone groups is 1. The van der Waals surface area contributed by atoms with Gasteiger partial charge in [0.2, 0.25) is 10.0 Å². The van der Waals surface area contributed by atoms with Crippen LogP contribution in [0.25, 0.3) is 0 Å². The average Bonchev–Trinajstić information content (AvgIpc) is 3.06. The van der Waals surface area contributed by atoms with Gasteiger partial charge in [0, 0.05) is 47.0 Å². The summed E-state index contributed by atoms with van der Waals surface area (Å²) in [5.74, 6) is -0.510. The monoisotopic (exact) mass is 474 g/mol. The van der Waals surface area contributed by atoms with Crippen molar-refractivity contribution in [3.63, 3.8) is 0 Å². The van der Waals surface area contributed by atoms with Crippen LogP contribution in [0.4, 0.5) is 5.69 Å². The minimum Gasteiger partial charge on any atom is -0.378 e. The highest BCUT2D eigenvalue weighted by Gasteiger charge is 2.38. The highest BCUT2D eigenvalue weighted by atomic mass is 32.2. The molecule has 2 aliphatic heterocycles. The number of amides is 1. The number of hydrogen-bond acceptors (Lipinski definition) is 8. The molecular formula is C19H30N4O6S2. The first kappa shape index (κ1) is 23.9. The van der Waals surface area contributed by atoms with Gasteiger partial charge in [-0.05, 0) is 24.6 Å². The molecule has 0 radical (unpaired) electrons. The number of sulfonamides is 1. The summed E-state index contributed by atoms with van der Waals surface area (Å²) in [5, 5.41) is 3.00. The van der Waals surface area contributed by atoms with Crippen LogP contribution >= 0.6 is 0 Å². The van der Waals surface area contributed by atoms with E-state index in [4.69, 9.17) is 4.74 Å². The number of anilines is 1. The fourth-order valence-electron chi connectivity index (χ4n) is 3.90. The smallest absolute Gasteiger partial charge is 0.270 e. The van der Waals surface area contributed by atoms with E-state index in [0.29, 0.717) is 38.4 Å². The quantitative estimate of drug-likeness (QED) is 0.525. The first-order chi connectivity index (χ1) is 14.4. The molecule has 2 fully saturated rings. The first-order valence-corrected chi connectivity index (χ1v) is 13.3. The molecule has 12 heteroatoms. The van der Waals surface area contributed by atoms with E-state index in [-0.39, 0.29) is 22.0 Å². The Bertz CT molecular complexity index is 1030. The minimum absolute atomic E-state index is 0.00982. The second kappa shape index (κ2) is 9.02. The largest absolute Gasteiger partial charge is 0.378 e. The van der Waals surface area contributed by atoms with Gasteiger partial charge in [0.15, 0.2) is 9.84 Å². The lowest BCUT2D eigenvalue weighted by Gasteiger charge is -2.36. The third-order valence-corrected chi connectivity index (χ3v) is 9.08. The zero-order valence-electron chi connectivity index (χ0n) is 18.3. The van der Waals surface area contributed by atoms with Crippen LogP contribution in [0.15, 0.2) is 23.1 Å². The van der Waals surface area contributed by atoms with Crippen LogP contribution in [-0.4, -0.2) is 109 Å². The summed E-state index contributed by atoms with van der Waals surface area (Å²) in [6.07, 6.45) is 0.342. The maximum atomic E-state index is 13.7. The molecule has 0 aromatic heterocycles. The van der Waals surface area contributed by atoms with Gasteiger partial charge >= 0.3 is 0 Å². The number of carbonyl (C=O) groups excluding carboxylic acids is 1. The third kappa shape index (κ3) is 5.03. The summed E-state index contributed by atoms with van der Waals surface area (Å²) in [5.41, 5.74) is 0.835. The number of rotatable bonds is 6. The van der Waals surface area contributed by atoms with Gasteiger partial charge in [-0.2, -0.15) is 0 Å². The van der Waals surface area contributed by atoms with Crippen molar-refractivity contribution in [3.8, 4) is 0 Å². The van der Waals surface area contributed by atoms with Crippen LogP contribution in [0.3, 0.4) is 0 Å². The van der Waals surface area contributed by atoms with Gasteiger partial charge in [0.05, 0.1) is 41.2 Å². The molecule has 3 rings (SSSR count). The molecule has 31 heavy (non-hydrogen) atoms. The number of hydrogen-bond donors (Lipinski definition) is 0. The Morgan fingerprint density at radius 3 is 2.29 bits per heavy atom. The lowest BCUT2D eigenvalue weighted by atomic mass is 10.1. The molecule has 0 bridgehead atoms. The van der Waals surface area contributed by atoms with Crippen molar-refractivity contribution in [1.82, 2.24) is 14.3 Å². The predicted octanol–water partition coefficient (Wildman–Crippen LogP) is -0.121. The van der Waals surface area contributed by atoms with Gasteiger partial charge in [0.1, 0.15) is 0 Å². The molecule has 0 spiro atoms. The molecule has 2 aliphatic rings. The van der Waals surface area contributed by atoms with Gasteiger partial charge in [0.25, 0.3) is 5.91 Å². The summed E-state index contributed by atoms with van der Waals surface area (Å²) in [4.78, 5) is 15.7. The topological polar surface area (TPSA) is 108 Å². The van der Waals surface area contributed by atoms with Gasteiger partial charge < -0.3 is 9.64 Å². The van der Waals surface area contributed by atoms with Crippen LogP contribution in [0.2, 0.25) is 0 Å². The number of benzene rings is 1. The second-order valence-electron chi connectivity index (χ2n) is 8.12. The van der Waals surface area contributed by atoms with E-state index in [2.05, 4.69) is 0 Å². The highest BCUT2D eigenvalue weighted by molar-refractivity contribution is 7.91. The molecule has 10 nitrogen and oxygen atoms in total. The number of nitrogens with zero attached hydrogens (tertiary/aromatic N) is 4. The van der Waals surface area contributed by atoms with Crippen molar-refractivity contribution < 1.29 is 26.4 Å². The Labute approximate surface area is 184 Å². The highest BCUT2D eigenvalue weighted by Crippen LogP contribution is 2.29. The van der Waals surface area contributed by atoms with Gasteiger partial charge in [-0.25, -0.2) is 26.1 Å². The molecule has 1 aromatic rings. The van der Waals surface area contributed by atoms with Crippen molar-refractivity contribution in [2.45, 2.75) is 17.4 Å². The van der Waals surface area contributed by atoms with Crippen molar-refractivity contribution in [2.75, 3.05) is 70.9 Å². The summed E-state index contributed by atoms with van der Waals surface area (Å²) in [7, 11) is -0.745. The van der Waals surface area contributed by atoms with E-state index in [1.54, 1.807) is 25.2 Å². The Morgan fingerprint density at radius 2 is 1.77 bits per heavy atom. The van der Waals surface area contributed by atoms with Gasteiger partial charge in [-0.1, -0.05) is 0 Å². The Kier molecular flexibility index (Phi) is 6.96. The van der Waals surface area contributed by atoms with E-state index >= 15 is 0 Å². The molecule has 2 saturated heterocycles. The maximum absolute atomic E-state index is 13.7. The number of ether oxygens (including phenoxy) is 1. The van der Waals surface area contributed by atoms with Crippen LogP contribution in [0.5, 0.6) is 0 Å². The zero-order valence-corrected chi connectivity index (χ0v) is 19.9. The predicted molar refractivity (Wildman–Crippen MR) is 117 cm³/mol. The number of morpholine rings is 1. The summed E-state index contributed by atoms with van der Waals surface area (Å²) in [6.45, 7) is 2.15. The fraction of sp³-hybridized carbons (Fsp3) is 0.632. The first-order valence-electron chi connectivity index (χ1n) is 10.0. The molecule has 0 aliphatic carbocycles. The van der Waals surface area contributed by atoms with E-state index in [0.717, 1.165) is 4.31 Å². The minimum atomic E-state index is -3.75. The molecule has 1 atom stereocenters. The molecular weight excluding hydrogens is 444 g/mol. The molecule has 1 aromatic carbocycles. The van der Waals surface area contributed by atoms with Crippen LogP contribution < -0.4 is 4.90 Å². The van der Waals surface area contributed by atoms with Crippen LogP contribution in [-0.2, 0) is 24.6 Å². The maximum Gasteiger partial charge on any atom is 0.270 e. The van der Waals surface area contributed by atoms with E-state index in [1.807, 2.05) is 4.90 Å². The molecule has 0 N–H and O–H groups in total. The number of hydrazine groups is 1. The zero-order chi connectivity index (χ0) is 23.0. The summed E-state index contributed by atoms with van der Waals surface area (Å²) < 4.78 is 56.0. The van der Waals surface area contributed by atoms with Crippen molar-refractivity contribution in [3.05, 3.63) is 23.8 Å². The van der Waals surface area contributed by atoms with E-state index in [9.17, 15) is 21.6 Å². The SMILES string of the molecule is CN(C)N(C(=O)c1cc(S(=O)(=O)N(C)C)ccc1N1CCOCC1)[C@@H]1CCS(=O)(=O)C1. The third-order valence-electron chi connectivity index (χ3n) is 5.52. The Balaban J connectivity index is 2.09. The molecule has 174 valence electrons. The molecule has 2 heterocycles. The standard InChI is InChI=1S/C19H30N4O6S2/c1-20(2)23(15-7-12-30(25,26)14-15)19(24)17-13-16(31(27,28)21(3)4)5-6-18(17)22-8-10-29-11-9-22/h5-6,13,15H,7-12,14H2,1-4H3/t15-/m1/s1. The summed E-state index contributed by atoms with van der Waals surface area (Å²) in [6, 6.07) is 4.03. The number of carbonyl (C=O) groups is 1. The lowest BCUT2D eigenvalue weighted by molar-refractivity contribution is 0.00101. The molecule has 0 unspecified atom stereocenters. The molecule has 1 amide bonds. The van der Waals surface area contributed by atoms with Gasteiger partial charge in [-0.15, -0.1) is 0 Å². The van der Waals surface area contributed by atoms with Crippen molar-refractivity contribution in [2.24, 2.45) is 0 Å². The lowest BCUT2D eigenvalue weighted by Crippen LogP contribution is -2.50. The van der Waals surface area contributed by atoms with E-state index < -0.39 is 31.8 Å². The normalized spacial score (nSPS) is 21.6. The fourth-order valence-corrected chi connectivity index (χ4v) is 6.52. The average molecular weight is 475 g/mol. The van der Waals surface area contributed by atoms with Gasteiger partial charge in [-0.3, -0.25) is 9.80 Å². The van der Waals surface area contributed by atoms with Crippen molar-refractivity contribution in [1.29, 1.82) is 0 Å². The Morgan fingerprint density at radius 1 is 1.13 bits per heavy atom. The second-order valence-corrected chi connectivity index (χ2v) is 12.5. The summed E-state index contributed by atoms with van der Waals surface area (Å²) >= 11 is 0. The Hall–Kier alpha value is -1.73. The van der Waals surface area contributed by atoms with E-state index in [1.165, 1.54) is 31.2 Å². The van der Waals surface area contributed by atoms with Crippen LogP contribution in [0.1, 0.15) is 16.8 Å². The van der Waals surface area contributed by atoms with Crippen LogP contribution in [0, 0.1) is 0 Å². The van der Waals surface area contributed by atoms with Crippen molar-refractivity contribution >= 4 is 31.5 Å².